The van der Waals surface area contributed by atoms with E-state index in [1.165, 1.54) is 12.8 Å². The summed E-state index contributed by atoms with van der Waals surface area (Å²) in [5.41, 5.74) is -0.0398. The highest BCUT2D eigenvalue weighted by molar-refractivity contribution is 9.09. The molecule has 0 aromatic rings. The lowest BCUT2D eigenvalue weighted by Gasteiger charge is -2.26. The summed E-state index contributed by atoms with van der Waals surface area (Å²) < 4.78 is 0. The molecule has 1 saturated carbocycles. The molecule has 0 bridgehead atoms. The summed E-state index contributed by atoms with van der Waals surface area (Å²) in [6.07, 6.45) is 5.56. The number of amides is 1. The van der Waals surface area contributed by atoms with Gasteiger partial charge in [-0.15, -0.1) is 0 Å². The molecule has 1 atom stereocenters. The van der Waals surface area contributed by atoms with E-state index in [9.17, 15) is 4.79 Å². The summed E-state index contributed by atoms with van der Waals surface area (Å²) in [5, 5.41) is 3.03. The van der Waals surface area contributed by atoms with Crippen LogP contribution >= 0.6 is 15.9 Å². The van der Waals surface area contributed by atoms with Gasteiger partial charge in [0.2, 0.25) is 5.91 Å². The predicted octanol–water partition coefficient (Wildman–Crippen LogP) is 2.86. The average Bonchev–Trinajstić information content (AvgIpc) is 2.63. The molecule has 1 fully saturated rings. The molecule has 0 spiro atoms. The molecule has 1 aliphatic rings. The van der Waals surface area contributed by atoms with Crippen molar-refractivity contribution in [1.82, 2.24) is 5.32 Å². The fourth-order valence-corrected chi connectivity index (χ4v) is 2.38. The fraction of sp³-hybridized carbons (Fsp3) is 0.909. The normalized spacial score (nSPS) is 21.9. The Morgan fingerprint density at radius 1 is 1.50 bits per heavy atom. The summed E-state index contributed by atoms with van der Waals surface area (Å²) in [4.78, 5) is 12.3. The first-order valence-corrected chi connectivity index (χ1v) is 6.44. The van der Waals surface area contributed by atoms with Crippen LogP contribution in [0.3, 0.4) is 0 Å². The zero-order valence-electron chi connectivity index (χ0n) is 9.11. The summed E-state index contributed by atoms with van der Waals surface area (Å²) >= 11 is 3.44. The number of hydrogen-bond acceptors (Lipinski definition) is 1. The van der Waals surface area contributed by atoms with Gasteiger partial charge < -0.3 is 5.32 Å². The van der Waals surface area contributed by atoms with E-state index in [0.717, 1.165) is 25.8 Å². The Hall–Kier alpha value is -0.0500. The van der Waals surface area contributed by atoms with Gasteiger partial charge in [-0.3, -0.25) is 4.79 Å². The van der Waals surface area contributed by atoms with Crippen molar-refractivity contribution in [2.75, 3.05) is 6.54 Å². The monoisotopic (exact) mass is 261 g/mol. The summed E-state index contributed by atoms with van der Waals surface area (Å²) in [7, 11) is 0. The molecule has 1 rings (SSSR count). The Balaban J connectivity index is 2.48. The zero-order chi connectivity index (χ0) is 10.6. The summed E-state index contributed by atoms with van der Waals surface area (Å²) in [6.45, 7) is 4.91. The van der Waals surface area contributed by atoms with Crippen molar-refractivity contribution in [2.24, 2.45) is 5.41 Å². The second-order valence-electron chi connectivity index (χ2n) is 4.33. The van der Waals surface area contributed by atoms with Crippen LogP contribution in [0.2, 0.25) is 0 Å². The molecule has 1 amide bonds. The Morgan fingerprint density at radius 3 is 2.50 bits per heavy atom. The molecular formula is C11H20BrNO. The maximum Gasteiger partial charge on any atom is 0.226 e. The second-order valence-corrected chi connectivity index (χ2v) is 5.89. The van der Waals surface area contributed by atoms with Gasteiger partial charge in [0.05, 0.1) is 0 Å². The second kappa shape index (κ2) is 5.15. The first-order valence-electron chi connectivity index (χ1n) is 5.53. The van der Waals surface area contributed by atoms with Crippen LogP contribution in [-0.4, -0.2) is 17.3 Å². The van der Waals surface area contributed by atoms with Crippen LogP contribution in [0.15, 0.2) is 0 Å². The molecule has 2 nitrogen and oxygen atoms in total. The maximum atomic E-state index is 12.0. The van der Waals surface area contributed by atoms with Crippen molar-refractivity contribution >= 4 is 21.8 Å². The first-order chi connectivity index (χ1) is 6.60. The van der Waals surface area contributed by atoms with Crippen LogP contribution in [-0.2, 0) is 4.79 Å². The highest BCUT2D eigenvalue weighted by atomic mass is 79.9. The van der Waals surface area contributed by atoms with Gasteiger partial charge in [-0.2, -0.15) is 0 Å². The van der Waals surface area contributed by atoms with E-state index in [0.29, 0.717) is 4.83 Å². The predicted molar refractivity (Wildman–Crippen MR) is 62.6 cm³/mol. The van der Waals surface area contributed by atoms with Crippen LogP contribution in [0.1, 0.15) is 46.0 Å². The number of rotatable bonds is 4. The minimum absolute atomic E-state index is 0.0398. The Morgan fingerprint density at radius 2 is 2.07 bits per heavy atom. The van der Waals surface area contributed by atoms with E-state index >= 15 is 0 Å². The largest absolute Gasteiger partial charge is 0.355 e. The molecule has 0 aliphatic heterocycles. The number of nitrogens with one attached hydrogen (secondary N) is 1. The average molecular weight is 262 g/mol. The zero-order valence-corrected chi connectivity index (χ0v) is 10.7. The molecule has 0 heterocycles. The van der Waals surface area contributed by atoms with Crippen molar-refractivity contribution in [1.29, 1.82) is 0 Å². The highest BCUT2D eigenvalue weighted by Gasteiger charge is 2.38. The van der Waals surface area contributed by atoms with Crippen molar-refractivity contribution in [3.63, 3.8) is 0 Å². The van der Waals surface area contributed by atoms with Gasteiger partial charge in [-0.1, -0.05) is 42.6 Å². The van der Waals surface area contributed by atoms with Gasteiger partial charge in [-0.25, -0.2) is 0 Å². The van der Waals surface area contributed by atoms with Crippen LogP contribution in [0.25, 0.3) is 0 Å². The molecule has 82 valence electrons. The lowest BCUT2D eigenvalue weighted by Crippen LogP contribution is -2.40. The molecule has 0 radical (unpaired) electrons. The van der Waals surface area contributed by atoms with Crippen LogP contribution in [0.4, 0.5) is 0 Å². The van der Waals surface area contributed by atoms with Gasteiger partial charge >= 0.3 is 0 Å². The number of carbonyl (C=O) groups excluding carboxylic acids is 1. The smallest absolute Gasteiger partial charge is 0.226 e. The first kappa shape index (κ1) is 12.0. The van der Waals surface area contributed by atoms with Crippen molar-refractivity contribution in [3.05, 3.63) is 0 Å². The lowest BCUT2D eigenvalue weighted by atomic mass is 9.82. The lowest BCUT2D eigenvalue weighted by molar-refractivity contribution is -0.130. The van der Waals surface area contributed by atoms with Crippen LogP contribution < -0.4 is 5.32 Å². The van der Waals surface area contributed by atoms with Gasteiger partial charge in [-0.05, 0) is 19.3 Å². The molecule has 1 unspecified atom stereocenters. The maximum absolute atomic E-state index is 12.0. The molecule has 0 aromatic carbocycles. The third-order valence-corrected chi connectivity index (χ3v) is 3.59. The SMILES string of the molecule is CCC1(C(=O)NCC(C)Br)CCCC1. The van der Waals surface area contributed by atoms with E-state index in [1.54, 1.807) is 0 Å². The molecule has 3 heteroatoms. The Labute approximate surface area is 95.0 Å². The van der Waals surface area contributed by atoms with Crippen LogP contribution in [0, 0.1) is 5.41 Å². The molecule has 14 heavy (non-hydrogen) atoms. The van der Waals surface area contributed by atoms with Gasteiger partial charge in [0.15, 0.2) is 0 Å². The van der Waals surface area contributed by atoms with Gasteiger partial charge in [0.25, 0.3) is 0 Å². The quantitative estimate of drug-likeness (QED) is 0.775. The van der Waals surface area contributed by atoms with E-state index in [1.807, 2.05) is 6.92 Å². The minimum Gasteiger partial charge on any atom is -0.355 e. The Bertz CT molecular complexity index is 197. The number of carbonyl (C=O) groups is 1. The van der Waals surface area contributed by atoms with Crippen LogP contribution in [0.5, 0.6) is 0 Å². The highest BCUT2D eigenvalue weighted by Crippen LogP contribution is 2.41. The summed E-state index contributed by atoms with van der Waals surface area (Å²) in [5.74, 6) is 0.267. The standard InChI is InChI=1S/C11H20BrNO/c1-3-11(6-4-5-7-11)10(14)13-8-9(2)12/h9H,3-8H2,1-2H3,(H,13,14). The number of hydrogen-bond donors (Lipinski definition) is 1. The molecule has 0 saturated heterocycles. The number of alkyl halides is 1. The molecular weight excluding hydrogens is 242 g/mol. The van der Waals surface area contributed by atoms with Crippen molar-refractivity contribution in [2.45, 2.75) is 50.8 Å². The van der Waals surface area contributed by atoms with Gasteiger partial charge in [0, 0.05) is 16.8 Å². The number of halogens is 1. The topological polar surface area (TPSA) is 29.1 Å². The minimum atomic E-state index is -0.0398. The van der Waals surface area contributed by atoms with Gasteiger partial charge in [0.1, 0.15) is 0 Å². The third kappa shape index (κ3) is 2.72. The molecule has 0 aromatic heterocycles. The van der Waals surface area contributed by atoms with E-state index in [2.05, 4.69) is 28.2 Å². The van der Waals surface area contributed by atoms with Crippen molar-refractivity contribution in [3.8, 4) is 0 Å². The fourth-order valence-electron chi connectivity index (χ4n) is 2.21. The Kier molecular flexibility index (Phi) is 4.42. The van der Waals surface area contributed by atoms with E-state index in [-0.39, 0.29) is 11.3 Å². The van der Waals surface area contributed by atoms with E-state index < -0.39 is 0 Å². The third-order valence-electron chi connectivity index (χ3n) is 3.26. The molecule has 1 N–H and O–H groups in total. The van der Waals surface area contributed by atoms with Crippen molar-refractivity contribution < 1.29 is 4.79 Å². The summed E-state index contributed by atoms with van der Waals surface area (Å²) in [6, 6.07) is 0. The molecule has 1 aliphatic carbocycles. The van der Waals surface area contributed by atoms with E-state index in [4.69, 9.17) is 0 Å².